The van der Waals surface area contributed by atoms with Gasteiger partial charge in [0.2, 0.25) is 0 Å². The van der Waals surface area contributed by atoms with Gasteiger partial charge in [-0.05, 0) is 31.7 Å². The Bertz CT molecular complexity index is 317. The summed E-state index contributed by atoms with van der Waals surface area (Å²) in [5.74, 6) is 0. The van der Waals surface area contributed by atoms with Gasteiger partial charge < -0.3 is 10.5 Å². The fraction of sp³-hybridized carbons (Fsp3) is 0.583. The number of rotatable bonds is 6. The molecule has 0 aliphatic carbocycles. The molecule has 0 saturated carbocycles. The first-order chi connectivity index (χ1) is 7.67. The van der Waals surface area contributed by atoms with Crippen molar-refractivity contribution in [2.45, 2.75) is 26.1 Å². The van der Waals surface area contributed by atoms with E-state index in [0.29, 0.717) is 12.6 Å². The van der Waals surface area contributed by atoms with E-state index in [1.807, 2.05) is 12.3 Å². The Morgan fingerprint density at radius 1 is 1.56 bits per heavy atom. The Hall–Kier alpha value is -0.970. The fourth-order valence-electron chi connectivity index (χ4n) is 1.55. The molecule has 2 N–H and O–H groups in total. The van der Waals surface area contributed by atoms with Gasteiger partial charge in [-0.1, -0.05) is 0 Å². The topological polar surface area (TPSA) is 51.4 Å². The molecular weight excluding hydrogens is 202 g/mol. The van der Waals surface area contributed by atoms with Crippen LogP contribution in [0.15, 0.2) is 18.3 Å². The van der Waals surface area contributed by atoms with E-state index in [2.05, 4.69) is 29.9 Å². The van der Waals surface area contributed by atoms with Crippen LogP contribution in [-0.4, -0.2) is 36.7 Å². The van der Waals surface area contributed by atoms with E-state index in [0.717, 1.165) is 18.8 Å². The number of pyridine rings is 1. The number of ether oxygens (including phenoxy) is 1. The first kappa shape index (κ1) is 13.1. The van der Waals surface area contributed by atoms with Crippen LogP contribution >= 0.6 is 0 Å². The summed E-state index contributed by atoms with van der Waals surface area (Å²) in [5.41, 5.74) is 7.73. The second-order valence-corrected chi connectivity index (χ2v) is 4.08. The average Bonchev–Trinajstić information content (AvgIpc) is 2.29. The molecule has 0 radical (unpaired) electrons. The maximum atomic E-state index is 5.56. The fourth-order valence-corrected chi connectivity index (χ4v) is 1.55. The molecule has 1 unspecified atom stereocenters. The smallest absolute Gasteiger partial charge is 0.0615 e. The zero-order valence-electron chi connectivity index (χ0n) is 10.3. The van der Waals surface area contributed by atoms with Crippen molar-refractivity contribution < 1.29 is 4.74 Å². The van der Waals surface area contributed by atoms with Crippen LogP contribution in [0.1, 0.15) is 18.2 Å². The highest BCUT2D eigenvalue weighted by Crippen LogP contribution is 2.07. The van der Waals surface area contributed by atoms with Crippen molar-refractivity contribution in [3.63, 3.8) is 0 Å². The van der Waals surface area contributed by atoms with Crippen molar-refractivity contribution in [2.24, 2.45) is 5.73 Å². The zero-order valence-corrected chi connectivity index (χ0v) is 10.3. The molecule has 0 saturated heterocycles. The number of hydrogen-bond donors (Lipinski definition) is 1. The molecule has 1 aromatic heterocycles. The highest BCUT2D eigenvalue weighted by molar-refractivity contribution is 5.16. The van der Waals surface area contributed by atoms with Gasteiger partial charge in [-0.3, -0.25) is 9.88 Å². The summed E-state index contributed by atoms with van der Waals surface area (Å²) in [6.45, 7) is 4.27. The summed E-state index contributed by atoms with van der Waals surface area (Å²) in [4.78, 5) is 6.43. The van der Waals surface area contributed by atoms with Crippen molar-refractivity contribution in [1.82, 2.24) is 9.88 Å². The Labute approximate surface area is 97.4 Å². The minimum Gasteiger partial charge on any atom is -0.383 e. The third-order valence-electron chi connectivity index (χ3n) is 2.68. The molecule has 0 aliphatic heterocycles. The third kappa shape index (κ3) is 3.89. The zero-order chi connectivity index (χ0) is 12.0. The van der Waals surface area contributed by atoms with E-state index in [9.17, 15) is 0 Å². The first-order valence-electron chi connectivity index (χ1n) is 5.50. The molecule has 0 bridgehead atoms. The molecule has 0 spiro atoms. The molecule has 0 aliphatic rings. The summed E-state index contributed by atoms with van der Waals surface area (Å²) < 4.78 is 5.13. The summed E-state index contributed by atoms with van der Waals surface area (Å²) in [7, 11) is 3.82. The van der Waals surface area contributed by atoms with E-state index >= 15 is 0 Å². The largest absolute Gasteiger partial charge is 0.383 e. The molecule has 4 nitrogen and oxygen atoms in total. The lowest BCUT2D eigenvalue weighted by molar-refractivity contribution is 0.112. The van der Waals surface area contributed by atoms with E-state index in [-0.39, 0.29) is 0 Å². The predicted octanol–water partition coefficient (Wildman–Crippen LogP) is 1.01. The van der Waals surface area contributed by atoms with Crippen LogP contribution in [0.5, 0.6) is 0 Å². The van der Waals surface area contributed by atoms with Gasteiger partial charge in [0.15, 0.2) is 0 Å². The van der Waals surface area contributed by atoms with Crippen LogP contribution in [0.25, 0.3) is 0 Å². The molecular formula is C12H21N3O. The maximum Gasteiger partial charge on any atom is 0.0615 e. The second kappa shape index (κ2) is 6.58. The van der Waals surface area contributed by atoms with Crippen molar-refractivity contribution in [2.75, 3.05) is 20.8 Å². The number of aromatic nitrogens is 1. The first-order valence-corrected chi connectivity index (χ1v) is 5.50. The summed E-state index contributed by atoms with van der Waals surface area (Å²) >= 11 is 0. The van der Waals surface area contributed by atoms with Gasteiger partial charge in [-0.2, -0.15) is 0 Å². The lowest BCUT2D eigenvalue weighted by Crippen LogP contribution is -2.32. The summed E-state index contributed by atoms with van der Waals surface area (Å²) in [6, 6.07) is 4.48. The Morgan fingerprint density at radius 2 is 2.31 bits per heavy atom. The minimum absolute atomic E-state index is 0.402. The van der Waals surface area contributed by atoms with Crippen LogP contribution in [0.2, 0.25) is 0 Å². The van der Waals surface area contributed by atoms with E-state index < -0.39 is 0 Å². The monoisotopic (exact) mass is 223 g/mol. The van der Waals surface area contributed by atoms with E-state index in [1.54, 1.807) is 7.11 Å². The molecule has 1 aromatic rings. The van der Waals surface area contributed by atoms with Gasteiger partial charge in [-0.15, -0.1) is 0 Å². The predicted molar refractivity (Wildman–Crippen MR) is 64.9 cm³/mol. The molecule has 1 rings (SSSR count). The van der Waals surface area contributed by atoms with Crippen molar-refractivity contribution in [3.05, 3.63) is 29.6 Å². The number of likely N-dealkylation sites (N-methyl/N-ethyl adjacent to an activating group) is 1. The maximum absolute atomic E-state index is 5.56. The van der Waals surface area contributed by atoms with E-state index in [4.69, 9.17) is 10.5 Å². The highest BCUT2D eigenvalue weighted by Gasteiger charge is 2.09. The van der Waals surface area contributed by atoms with Gasteiger partial charge >= 0.3 is 0 Å². The van der Waals surface area contributed by atoms with Crippen LogP contribution in [0.3, 0.4) is 0 Å². The van der Waals surface area contributed by atoms with E-state index in [1.165, 1.54) is 5.56 Å². The van der Waals surface area contributed by atoms with Crippen LogP contribution in [0, 0.1) is 0 Å². The van der Waals surface area contributed by atoms with Crippen LogP contribution in [0.4, 0.5) is 0 Å². The SMILES string of the molecule is COCC(C)N(C)Cc1ccnc(CN)c1. The standard InChI is InChI=1S/C12H21N3O/c1-10(9-16-3)15(2)8-11-4-5-14-12(6-11)7-13/h4-6,10H,7-9,13H2,1-3H3. The summed E-state index contributed by atoms with van der Waals surface area (Å²) in [6.07, 6.45) is 1.81. The minimum atomic E-state index is 0.402. The highest BCUT2D eigenvalue weighted by atomic mass is 16.5. The van der Waals surface area contributed by atoms with Gasteiger partial charge in [-0.25, -0.2) is 0 Å². The van der Waals surface area contributed by atoms with Crippen LogP contribution in [-0.2, 0) is 17.8 Å². The second-order valence-electron chi connectivity index (χ2n) is 4.08. The normalized spacial score (nSPS) is 13.1. The Balaban J connectivity index is 2.58. The quantitative estimate of drug-likeness (QED) is 0.782. The van der Waals surface area contributed by atoms with Crippen molar-refractivity contribution in [1.29, 1.82) is 0 Å². The van der Waals surface area contributed by atoms with Gasteiger partial charge in [0, 0.05) is 32.4 Å². The lowest BCUT2D eigenvalue weighted by atomic mass is 10.2. The number of nitrogens with zero attached hydrogens (tertiary/aromatic N) is 2. The molecule has 1 atom stereocenters. The number of hydrogen-bond acceptors (Lipinski definition) is 4. The molecule has 4 heteroatoms. The molecule has 0 amide bonds. The number of nitrogens with two attached hydrogens (primary N) is 1. The molecule has 16 heavy (non-hydrogen) atoms. The van der Waals surface area contributed by atoms with Gasteiger partial charge in [0.05, 0.1) is 12.3 Å². The molecule has 0 fully saturated rings. The molecule has 90 valence electrons. The lowest BCUT2D eigenvalue weighted by Gasteiger charge is -2.24. The van der Waals surface area contributed by atoms with Crippen LogP contribution < -0.4 is 5.73 Å². The summed E-state index contributed by atoms with van der Waals surface area (Å²) in [5, 5.41) is 0. The van der Waals surface area contributed by atoms with Gasteiger partial charge in [0.1, 0.15) is 0 Å². The molecule has 1 heterocycles. The van der Waals surface area contributed by atoms with Crippen molar-refractivity contribution in [3.8, 4) is 0 Å². The third-order valence-corrected chi connectivity index (χ3v) is 2.68. The Morgan fingerprint density at radius 3 is 2.94 bits per heavy atom. The average molecular weight is 223 g/mol. The van der Waals surface area contributed by atoms with Gasteiger partial charge in [0.25, 0.3) is 0 Å². The Kier molecular flexibility index (Phi) is 5.38. The number of methoxy groups -OCH3 is 1. The van der Waals surface area contributed by atoms with Crippen molar-refractivity contribution >= 4 is 0 Å². The molecule has 0 aromatic carbocycles.